The number of allylic oxidation sites excluding steroid dienone is 1. The molecule has 0 aliphatic rings. The summed E-state index contributed by atoms with van der Waals surface area (Å²) >= 11 is 0. The van der Waals surface area contributed by atoms with Crippen molar-refractivity contribution in [1.82, 2.24) is 0 Å². The van der Waals surface area contributed by atoms with Crippen LogP contribution in [0.5, 0.6) is 0 Å². The number of unbranched alkanes of at least 4 members (excludes halogenated alkanes) is 4. The molecule has 0 aliphatic carbocycles. The molecule has 0 saturated carbocycles. The lowest BCUT2D eigenvalue weighted by atomic mass is 9.86. The van der Waals surface area contributed by atoms with Crippen LogP contribution in [0.15, 0.2) is 84.9 Å². The fraction of sp³-hybridized carbons (Fsp3) is 0.235. The number of benzene rings is 6. The molecular formula is C34H34O. The molecule has 0 fully saturated rings. The lowest BCUT2D eigenvalue weighted by Crippen LogP contribution is -1.89. The third-order valence-electron chi connectivity index (χ3n) is 7.04. The number of hydrogen-bond acceptors (Lipinski definition) is 1. The first-order valence-electron chi connectivity index (χ1n) is 12.9. The maximum absolute atomic E-state index is 4.25. The Hall–Kier alpha value is -3.42. The minimum atomic E-state index is 1.16. The van der Waals surface area contributed by atoms with Crippen LogP contribution >= 0.6 is 0 Å². The Morgan fingerprint density at radius 2 is 1.20 bits per heavy atom. The third kappa shape index (κ3) is 4.26. The van der Waals surface area contributed by atoms with E-state index >= 15 is 0 Å². The first kappa shape index (κ1) is 23.3. The van der Waals surface area contributed by atoms with Crippen LogP contribution in [-0.2, 0) is 4.74 Å². The molecular weight excluding hydrogens is 424 g/mol. The molecule has 0 unspecified atom stereocenters. The fourth-order valence-corrected chi connectivity index (χ4v) is 5.54. The van der Waals surface area contributed by atoms with E-state index < -0.39 is 0 Å². The second-order valence-corrected chi connectivity index (χ2v) is 9.47. The van der Waals surface area contributed by atoms with Gasteiger partial charge < -0.3 is 4.74 Å². The van der Waals surface area contributed by atoms with E-state index in [0.717, 1.165) is 6.42 Å². The van der Waals surface area contributed by atoms with Crippen LogP contribution in [0.25, 0.3) is 59.9 Å². The fourth-order valence-electron chi connectivity index (χ4n) is 5.54. The SMILES string of the molecule is CCCCCCC=Cc1cccc2c1cc1cccc3c4cccc5cccc(c54)c2c13.COC. The third-order valence-corrected chi connectivity index (χ3v) is 7.04. The number of fused-ring (bicyclic) bond motifs is 4. The van der Waals surface area contributed by atoms with Gasteiger partial charge in [0, 0.05) is 14.2 Å². The molecule has 176 valence electrons. The molecule has 6 rings (SSSR count). The van der Waals surface area contributed by atoms with Crippen LogP contribution in [0.2, 0.25) is 0 Å². The van der Waals surface area contributed by atoms with Gasteiger partial charge in [0.05, 0.1) is 0 Å². The predicted octanol–water partition coefficient (Wildman–Crippen LogP) is 10.1. The average Bonchev–Trinajstić information content (AvgIpc) is 2.89. The van der Waals surface area contributed by atoms with Gasteiger partial charge >= 0.3 is 0 Å². The molecule has 0 heterocycles. The van der Waals surface area contributed by atoms with E-state index in [9.17, 15) is 0 Å². The van der Waals surface area contributed by atoms with Gasteiger partial charge in [0.1, 0.15) is 0 Å². The quantitative estimate of drug-likeness (QED) is 0.137. The summed E-state index contributed by atoms with van der Waals surface area (Å²) in [5.74, 6) is 0. The van der Waals surface area contributed by atoms with Gasteiger partial charge in [-0.1, -0.05) is 111 Å². The minimum Gasteiger partial charge on any atom is -0.388 e. The van der Waals surface area contributed by atoms with Crippen molar-refractivity contribution in [2.24, 2.45) is 0 Å². The zero-order chi connectivity index (χ0) is 24.2. The molecule has 0 atom stereocenters. The number of hydrogen-bond donors (Lipinski definition) is 0. The molecule has 0 N–H and O–H groups in total. The molecule has 0 aliphatic heterocycles. The van der Waals surface area contributed by atoms with Crippen LogP contribution in [0.1, 0.15) is 44.6 Å². The maximum Gasteiger partial charge on any atom is 0.0351 e. The largest absolute Gasteiger partial charge is 0.388 e. The van der Waals surface area contributed by atoms with Gasteiger partial charge in [-0.15, -0.1) is 0 Å². The lowest BCUT2D eigenvalue weighted by molar-refractivity contribution is 0.277. The van der Waals surface area contributed by atoms with Gasteiger partial charge in [0.15, 0.2) is 0 Å². The summed E-state index contributed by atoms with van der Waals surface area (Å²) in [6.45, 7) is 2.27. The summed E-state index contributed by atoms with van der Waals surface area (Å²) in [5, 5.41) is 13.6. The summed E-state index contributed by atoms with van der Waals surface area (Å²) in [6.07, 6.45) is 11.1. The highest BCUT2D eigenvalue weighted by molar-refractivity contribution is 6.38. The second-order valence-electron chi connectivity index (χ2n) is 9.47. The van der Waals surface area contributed by atoms with Crippen LogP contribution in [0, 0.1) is 0 Å². The average molecular weight is 459 g/mol. The molecule has 6 aromatic rings. The Bertz CT molecular complexity index is 1620. The molecule has 35 heavy (non-hydrogen) atoms. The van der Waals surface area contributed by atoms with E-state index in [2.05, 4.69) is 103 Å². The summed E-state index contributed by atoms with van der Waals surface area (Å²) < 4.78 is 4.25. The van der Waals surface area contributed by atoms with E-state index in [1.807, 2.05) is 0 Å². The smallest absolute Gasteiger partial charge is 0.0351 e. The number of ether oxygens (including phenoxy) is 1. The van der Waals surface area contributed by atoms with Gasteiger partial charge in [-0.25, -0.2) is 0 Å². The first-order valence-corrected chi connectivity index (χ1v) is 12.9. The topological polar surface area (TPSA) is 9.23 Å². The molecule has 0 aromatic heterocycles. The van der Waals surface area contributed by atoms with Gasteiger partial charge in [-0.05, 0) is 78.3 Å². The number of methoxy groups -OCH3 is 1. The van der Waals surface area contributed by atoms with Crippen molar-refractivity contribution in [3.8, 4) is 0 Å². The summed E-state index contributed by atoms with van der Waals surface area (Å²) in [4.78, 5) is 0. The van der Waals surface area contributed by atoms with Crippen molar-refractivity contribution >= 4 is 59.9 Å². The van der Waals surface area contributed by atoms with E-state index in [-0.39, 0.29) is 0 Å². The Kier molecular flexibility index (Phi) is 6.97. The van der Waals surface area contributed by atoms with Crippen molar-refractivity contribution in [2.75, 3.05) is 14.2 Å². The van der Waals surface area contributed by atoms with Gasteiger partial charge in [-0.2, -0.15) is 0 Å². The molecule has 0 bridgehead atoms. The first-order chi connectivity index (χ1) is 17.3. The Morgan fingerprint density at radius 1 is 0.600 bits per heavy atom. The molecule has 0 amide bonds. The van der Waals surface area contributed by atoms with Crippen LogP contribution in [0.3, 0.4) is 0 Å². The monoisotopic (exact) mass is 458 g/mol. The van der Waals surface area contributed by atoms with E-state index in [4.69, 9.17) is 0 Å². The van der Waals surface area contributed by atoms with Crippen molar-refractivity contribution in [3.05, 3.63) is 90.5 Å². The van der Waals surface area contributed by atoms with Crippen molar-refractivity contribution in [1.29, 1.82) is 0 Å². The summed E-state index contributed by atoms with van der Waals surface area (Å²) in [5.41, 5.74) is 1.33. The highest BCUT2D eigenvalue weighted by Gasteiger charge is 2.15. The summed E-state index contributed by atoms with van der Waals surface area (Å²) in [6, 6.07) is 29.5. The van der Waals surface area contributed by atoms with Gasteiger partial charge in [0.25, 0.3) is 0 Å². The Morgan fingerprint density at radius 3 is 1.91 bits per heavy atom. The minimum absolute atomic E-state index is 1.16. The lowest BCUT2D eigenvalue weighted by Gasteiger charge is -2.17. The molecule has 0 spiro atoms. The van der Waals surface area contributed by atoms with Gasteiger partial charge in [-0.3, -0.25) is 0 Å². The van der Waals surface area contributed by atoms with Crippen molar-refractivity contribution in [2.45, 2.75) is 39.0 Å². The second kappa shape index (κ2) is 10.5. The summed E-state index contributed by atoms with van der Waals surface area (Å²) in [7, 11) is 3.25. The molecule has 1 heteroatoms. The van der Waals surface area contributed by atoms with Crippen molar-refractivity contribution < 1.29 is 4.74 Å². The standard InChI is InChI=1S/C32H28.C2H6O/c1-2-3-4-5-6-7-12-22-13-8-19-27-29(22)21-24-16-11-18-26-25-17-9-14-23-15-10-20-28(30(23)25)32(27)31(24)26;1-3-2/h7-21H,2-6H2,1H3;1-2H3. The van der Waals surface area contributed by atoms with E-state index in [1.165, 1.54) is 85.1 Å². The van der Waals surface area contributed by atoms with Crippen LogP contribution in [-0.4, -0.2) is 14.2 Å². The van der Waals surface area contributed by atoms with E-state index in [0.29, 0.717) is 0 Å². The highest BCUT2D eigenvalue weighted by atomic mass is 16.4. The molecule has 6 aromatic carbocycles. The van der Waals surface area contributed by atoms with Crippen LogP contribution < -0.4 is 0 Å². The van der Waals surface area contributed by atoms with Gasteiger partial charge in [0.2, 0.25) is 0 Å². The number of rotatable bonds is 6. The van der Waals surface area contributed by atoms with Crippen LogP contribution in [0.4, 0.5) is 0 Å². The Balaban J connectivity index is 0.000000806. The zero-order valence-corrected chi connectivity index (χ0v) is 21.1. The normalized spacial score (nSPS) is 11.9. The molecule has 0 saturated heterocycles. The molecule has 1 nitrogen and oxygen atoms in total. The highest BCUT2D eigenvalue weighted by Crippen LogP contribution is 2.43. The van der Waals surface area contributed by atoms with Crippen molar-refractivity contribution in [3.63, 3.8) is 0 Å². The molecule has 0 radical (unpaired) electrons. The van der Waals surface area contributed by atoms with E-state index in [1.54, 1.807) is 14.2 Å². The Labute approximate surface area is 208 Å². The predicted molar refractivity (Wildman–Crippen MR) is 156 cm³/mol. The zero-order valence-electron chi connectivity index (χ0n) is 21.1. The maximum atomic E-state index is 4.25.